The fourth-order valence-corrected chi connectivity index (χ4v) is 5.37. The maximum absolute atomic E-state index is 13.3. The predicted octanol–water partition coefficient (Wildman–Crippen LogP) is 1.85. The van der Waals surface area contributed by atoms with Crippen molar-refractivity contribution >= 4 is 29.4 Å². The van der Waals surface area contributed by atoms with Gasteiger partial charge in [0.2, 0.25) is 5.91 Å². The fraction of sp³-hybridized carbons (Fsp3) is 0.450. The van der Waals surface area contributed by atoms with Crippen molar-refractivity contribution in [3.8, 4) is 17.2 Å². The largest absolute Gasteiger partial charge is 0.493 e. The van der Waals surface area contributed by atoms with Crippen molar-refractivity contribution in [2.75, 3.05) is 52.0 Å². The summed E-state index contributed by atoms with van der Waals surface area (Å²) in [5, 5.41) is 0.509. The molecule has 2 aliphatic heterocycles. The molecule has 1 aromatic heterocycles. The molecule has 1 fully saturated rings. The molecular weight excluding hydrogens is 426 g/mol. The molecule has 160 valence electrons. The first-order valence-corrected chi connectivity index (χ1v) is 11.6. The lowest BCUT2D eigenvalue weighted by atomic mass is 10.2. The molecule has 30 heavy (non-hydrogen) atoms. The van der Waals surface area contributed by atoms with E-state index in [4.69, 9.17) is 19.2 Å². The minimum absolute atomic E-state index is 0.0197. The third kappa shape index (κ3) is 4.17. The van der Waals surface area contributed by atoms with Gasteiger partial charge in [0.25, 0.3) is 5.56 Å². The number of carbonyl (C=O) groups excluding carboxylic acids is 1. The molecule has 0 aliphatic carbocycles. The topological polar surface area (TPSA) is 82.9 Å². The van der Waals surface area contributed by atoms with Gasteiger partial charge in [-0.1, -0.05) is 11.8 Å². The normalized spacial score (nSPS) is 15.7. The van der Waals surface area contributed by atoms with Gasteiger partial charge in [-0.15, -0.1) is 11.8 Å². The Hall–Kier alpha value is -2.17. The Morgan fingerprint density at radius 1 is 1.23 bits per heavy atom. The first-order valence-electron chi connectivity index (χ1n) is 9.62. The number of aryl methyl sites for hydroxylation is 1. The van der Waals surface area contributed by atoms with Gasteiger partial charge in [-0.05, 0) is 12.1 Å². The summed E-state index contributed by atoms with van der Waals surface area (Å²) in [4.78, 5) is 33.1. The Labute approximate surface area is 182 Å². The highest BCUT2D eigenvalue weighted by molar-refractivity contribution is 8.00. The second kappa shape index (κ2) is 9.32. The third-order valence-electron chi connectivity index (χ3n) is 4.98. The van der Waals surface area contributed by atoms with Crippen molar-refractivity contribution in [1.82, 2.24) is 14.5 Å². The number of fused-ring (bicyclic) bond motifs is 1. The van der Waals surface area contributed by atoms with Gasteiger partial charge in [0.05, 0.1) is 49.5 Å². The summed E-state index contributed by atoms with van der Waals surface area (Å²) in [6, 6.07) is 5.31. The van der Waals surface area contributed by atoms with Crippen molar-refractivity contribution in [2.45, 2.75) is 16.5 Å². The van der Waals surface area contributed by atoms with Crippen molar-refractivity contribution in [3.05, 3.63) is 34.2 Å². The van der Waals surface area contributed by atoms with E-state index in [-0.39, 0.29) is 17.2 Å². The Balaban J connectivity index is 1.69. The van der Waals surface area contributed by atoms with Gasteiger partial charge in [-0.2, -0.15) is 0 Å². The van der Waals surface area contributed by atoms with E-state index in [1.54, 1.807) is 41.9 Å². The van der Waals surface area contributed by atoms with Crippen LogP contribution in [0.2, 0.25) is 0 Å². The molecule has 0 saturated carbocycles. The van der Waals surface area contributed by atoms with E-state index in [2.05, 4.69) is 0 Å². The van der Waals surface area contributed by atoms with Crippen LogP contribution in [0.5, 0.6) is 11.5 Å². The highest BCUT2D eigenvalue weighted by atomic mass is 32.2. The monoisotopic (exact) mass is 449 g/mol. The fourth-order valence-electron chi connectivity index (χ4n) is 3.41. The first-order chi connectivity index (χ1) is 14.6. The summed E-state index contributed by atoms with van der Waals surface area (Å²) in [5.74, 6) is 2.17. The Bertz CT molecular complexity index is 1000. The van der Waals surface area contributed by atoms with Crippen LogP contribution in [0.4, 0.5) is 0 Å². The number of amides is 1. The number of hydrogen-bond donors (Lipinski definition) is 0. The van der Waals surface area contributed by atoms with Gasteiger partial charge in [0, 0.05) is 31.3 Å². The van der Waals surface area contributed by atoms with E-state index in [0.29, 0.717) is 53.5 Å². The van der Waals surface area contributed by atoms with E-state index < -0.39 is 0 Å². The third-order valence-corrected chi connectivity index (χ3v) is 7.01. The van der Waals surface area contributed by atoms with E-state index in [0.717, 1.165) is 17.9 Å². The zero-order valence-corrected chi connectivity index (χ0v) is 18.5. The molecule has 0 bridgehead atoms. The molecular formula is C20H23N3O5S2. The molecule has 4 rings (SSSR count). The molecule has 1 saturated heterocycles. The van der Waals surface area contributed by atoms with E-state index >= 15 is 0 Å². The molecule has 2 aliphatic rings. The number of rotatable bonds is 6. The minimum atomic E-state index is -0.115. The number of nitrogens with zero attached hydrogens (tertiary/aromatic N) is 3. The number of thioether (sulfide) groups is 2. The molecule has 3 heterocycles. The average Bonchev–Trinajstić information content (AvgIpc) is 3.26. The number of carbonyl (C=O) groups is 1. The highest BCUT2D eigenvalue weighted by Crippen LogP contribution is 2.33. The molecule has 1 aromatic carbocycles. The van der Waals surface area contributed by atoms with Crippen LogP contribution in [0.15, 0.2) is 33.0 Å². The van der Waals surface area contributed by atoms with Gasteiger partial charge in [0.15, 0.2) is 16.7 Å². The Morgan fingerprint density at radius 2 is 2.00 bits per heavy atom. The SMILES string of the molecule is COc1ccc(-n2c(SCC(=O)N3CCOCC3)nc3c(c2=O)SCC3)cc1OC. The van der Waals surface area contributed by atoms with Crippen molar-refractivity contribution in [2.24, 2.45) is 0 Å². The van der Waals surface area contributed by atoms with Gasteiger partial charge >= 0.3 is 0 Å². The standard InChI is InChI=1S/C20H23N3O5S2/c1-26-15-4-3-13(11-16(15)27-2)23-19(25)18-14(5-10-29-18)21-20(23)30-12-17(24)22-6-8-28-9-7-22/h3-4,11H,5-10,12H2,1-2H3. The van der Waals surface area contributed by atoms with Crippen LogP contribution < -0.4 is 15.0 Å². The maximum atomic E-state index is 13.3. The van der Waals surface area contributed by atoms with Gasteiger partial charge < -0.3 is 19.1 Å². The van der Waals surface area contributed by atoms with Gasteiger partial charge in [-0.25, -0.2) is 4.98 Å². The summed E-state index contributed by atoms with van der Waals surface area (Å²) >= 11 is 2.81. The van der Waals surface area contributed by atoms with Crippen LogP contribution in [0.3, 0.4) is 0 Å². The number of hydrogen-bond acceptors (Lipinski definition) is 8. The summed E-state index contributed by atoms with van der Waals surface area (Å²) < 4.78 is 17.6. The van der Waals surface area contributed by atoms with Gasteiger partial charge in [-0.3, -0.25) is 14.2 Å². The average molecular weight is 450 g/mol. The molecule has 0 spiro atoms. The first kappa shape index (κ1) is 21.1. The molecule has 2 aromatic rings. The molecule has 8 nitrogen and oxygen atoms in total. The summed E-state index contributed by atoms with van der Waals surface area (Å²) in [6.45, 7) is 2.30. The van der Waals surface area contributed by atoms with Crippen LogP contribution in [0.1, 0.15) is 5.69 Å². The minimum Gasteiger partial charge on any atom is -0.493 e. The van der Waals surface area contributed by atoms with Crippen LogP contribution in [-0.2, 0) is 16.0 Å². The summed E-state index contributed by atoms with van der Waals surface area (Å²) in [7, 11) is 3.12. The van der Waals surface area contributed by atoms with E-state index in [1.807, 2.05) is 0 Å². The van der Waals surface area contributed by atoms with Crippen LogP contribution in [0.25, 0.3) is 5.69 Å². The lowest BCUT2D eigenvalue weighted by molar-refractivity contribution is -0.132. The van der Waals surface area contributed by atoms with Crippen molar-refractivity contribution < 1.29 is 19.0 Å². The lowest BCUT2D eigenvalue weighted by Crippen LogP contribution is -2.41. The van der Waals surface area contributed by atoms with Gasteiger partial charge in [0.1, 0.15) is 0 Å². The molecule has 10 heteroatoms. The predicted molar refractivity (Wildman–Crippen MR) is 115 cm³/mol. The number of aromatic nitrogens is 2. The zero-order chi connectivity index (χ0) is 21.1. The molecule has 0 atom stereocenters. The smallest absolute Gasteiger partial charge is 0.272 e. The molecule has 1 amide bonds. The second-order valence-electron chi connectivity index (χ2n) is 6.73. The lowest BCUT2D eigenvalue weighted by Gasteiger charge is -2.26. The highest BCUT2D eigenvalue weighted by Gasteiger charge is 2.24. The second-order valence-corrected chi connectivity index (χ2v) is 8.78. The molecule has 0 N–H and O–H groups in total. The number of methoxy groups -OCH3 is 2. The van der Waals surface area contributed by atoms with Crippen LogP contribution in [0, 0.1) is 0 Å². The van der Waals surface area contributed by atoms with Crippen LogP contribution in [-0.4, -0.2) is 72.4 Å². The quantitative estimate of drug-likeness (QED) is 0.488. The molecule has 0 unspecified atom stereocenters. The number of ether oxygens (including phenoxy) is 3. The summed E-state index contributed by atoms with van der Waals surface area (Å²) in [5.41, 5.74) is 1.32. The Kier molecular flexibility index (Phi) is 6.55. The van der Waals surface area contributed by atoms with E-state index in [9.17, 15) is 9.59 Å². The van der Waals surface area contributed by atoms with E-state index in [1.165, 1.54) is 23.5 Å². The zero-order valence-electron chi connectivity index (χ0n) is 16.9. The molecule has 0 radical (unpaired) electrons. The number of benzene rings is 1. The number of morpholine rings is 1. The Morgan fingerprint density at radius 3 is 2.73 bits per heavy atom. The maximum Gasteiger partial charge on any atom is 0.272 e. The summed E-state index contributed by atoms with van der Waals surface area (Å²) in [6.07, 6.45) is 0.757. The van der Waals surface area contributed by atoms with Crippen LogP contribution >= 0.6 is 23.5 Å². The van der Waals surface area contributed by atoms with Crippen molar-refractivity contribution in [1.29, 1.82) is 0 Å². The van der Waals surface area contributed by atoms with Crippen molar-refractivity contribution in [3.63, 3.8) is 0 Å².